The predicted molar refractivity (Wildman–Crippen MR) is 115 cm³/mol. The molecule has 1 aliphatic heterocycles. The van der Waals surface area contributed by atoms with E-state index in [2.05, 4.69) is 38.2 Å². The van der Waals surface area contributed by atoms with Crippen LogP contribution in [0.1, 0.15) is 68.3 Å². The molecule has 0 aromatic heterocycles. The largest absolute Gasteiger partial charge is 0.487 e. The summed E-state index contributed by atoms with van der Waals surface area (Å²) in [6.07, 6.45) is 4.71. The fraction of sp³-hybridized carbons (Fsp3) is 0.480. The Morgan fingerprint density at radius 1 is 1.21 bits per heavy atom. The molecule has 0 bridgehead atoms. The molecule has 1 N–H and O–H groups in total. The average Bonchev–Trinajstić information content (AvgIpc) is 2.68. The quantitative estimate of drug-likeness (QED) is 0.790. The van der Waals surface area contributed by atoms with Crippen molar-refractivity contribution >= 4 is 5.91 Å². The Kier molecular flexibility index (Phi) is 5.28. The zero-order chi connectivity index (χ0) is 20.6. The lowest BCUT2D eigenvalue weighted by atomic mass is 9.89. The van der Waals surface area contributed by atoms with Crippen LogP contribution < -0.4 is 14.8 Å². The van der Waals surface area contributed by atoms with Crippen molar-refractivity contribution in [1.82, 2.24) is 5.32 Å². The molecule has 2 aromatic rings. The van der Waals surface area contributed by atoms with Crippen molar-refractivity contribution in [3.8, 4) is 11.5 Å². The molecule has 154 valence electrons. The molecule has 0 saturated heterocycles. The first-order valence-electron chi connectivity index (χ1n) is 10.7. The first kappa shape index (κ1) is 19.8. The van der Waals surface area contributed by atoms with E-state index < -0.39 is 6.10 Å². The highest BCUT2D eigenvalue weighted by molar-refractivity contribution is 5.81. The van der Waals surface area contributed by atoms with E-state index in [0.717, 1.165) is 41.9 Å². The Balaban J connectivity index is 1.50. The monoisotopic (exact) mass is 393 g/mol. The van der Waals surface area contributed by atoms with E-state index in [9.17, 15) is 4.79 Å². The summed E-state index contributed by atoms with van der Waals surface area (Å²) in [5, 5.41) is 3.21. The van der Waals surface area contributed by atoms with Crippen molar-refractivity contribution in [2.75, 3.05) is 0 Å². The highest BCUT2D eigenvalue weighted by Crippen LogP contribution is 2.40. The number of amides is 1. The zero-order valence-corrected chi connectivity index (χ0v) is 17.9. The Morgan fingerprint density at radius 3 is 2.83 bits per heavy atom. The van der Waals surface area contributed by atoms with Gasteiger partial charge in [0.15, 0.2) is 6.10 Å². The summed E-state index contributed by atoms with van der Waals surface area (Å²) >= 11 is 0. The maximum absolute atomic E-state index is 13.0. The molecule has 0 fully saturated rings. The van der Waals surface area contributed by atoms with E-state index in [-0.39, 0.29) is 17.6 Å². The number of hydrogen-bond acceptors (Lipinski definition) is 3. The Hall–Kier alpha value is -2.49. The fourth-order valence-corrected chi connectivity index (χ4v) is 4.49. The van der Waals surface area contributed by atoms with E-state index in [1.54, 1.807) is 0 Å². The smallest absolute Gasteiger partial charge is 0.261 e. The maximum atomic E-state index is 13.0. The van der Waals surface area contributed by atoms with Crippen LogP contribution in [0.4, 0.5) is 0 Å². The van der Waals surface area contributed by atoms with Gasteiger partial charge in [-0.05, 0) is 76.6 Å². The number of nitrogens with one attached hydrogen (secondary N) is 1. The highest BCUT2D eigenvalue weighted by atomic mass is 16.5. The van der Waals surface area contributed by atoms with Gasteiger partial charge in [-0.2, -0.15) is 0 Å². The van der Waals surface area contributed by atoms with Crippen LogP contribution in [0, 0.1) is 6.92 Å². The average molecular weight is 394 g/mol. The van der Waals surface area contributed by atoms with Gasteiger partial charge in [0, 0.05) is 12.0 Å². The van der Waals surface area contributed by atoms with Crippen LogP contribution in [-0.2, 0) is 17.6 Å². The molecule has 1 aliphatic carbocycles. The second-order valence-electron chi connectivity index (χ2n) is 9.03. The van der Waals surface area contributed by atoms with Crippen molar-refractivity contribution in [2.45, 2.75) is 77.5 Å². The maximum Gasteiger partial charge on any atom is 0.261 e. The van der Waals surface area contributed by atoms with Gasteiger partial charge in [0.1, 0.15) is 17.1 Å². The molecule has 0 unspecified atom stereocenters. The minimum Gasteiger partial charge on any atom is -0.487 e. The number of aryl methyl sites for hydroxylation is 2. The minimum atomic E-state index is -0.553. The van der Waals surface area contributed by atoms with Gasteiger partial charge in [-0.1, -0.05) is 29.8 Å². The van der Waals surface area contributed by atoms with E-state index in [1.165, 1.54) is 24.0 Å². The lowest BCUT2D eigenvalue weighted by molar-refractivity contribution is -0.128. The number of ether oxygens (including phenoxy) is 2. The van der Waals surface area contributed by atoms with E-state index in [4.69, 9.17) is 9.47 Å². The second kappa shape index (κ2) is 7.74. The SMILES string of the molecule is Cc1ccc2c(c1)[C@@H](NC(=O)[C@@H](C)Oc1cccc3c1CCCC3)CC(C)(C)O2. The van der Waals surface area contributed by atoms with Crippen LogP contribution in [0.25, 0.3) is 0 Å². The molecule has 2 atom stereocenters. The molecule has 2 aromatic carbocycles. The van der Waals surface area contributed by atoms with Crippen molar-refractivity contribution in [3.63, 3.8) is 0 Å². The number of hydrogen-bond donors (Lipinski definition) is 1. The lowest BCUT2D eigenvalue weighted by Gasteiger charge is -2.38. The predicted octanol–water partition coefficient (Wildman–Crippen LogP) is 5.06. The highest BCUT2D eigenvalue weighted by Gasteiger charge is 2.35. The van der Waals surface area contributed by atoms with Crippen LogP contribution >= 0.6 is 0 Å². The number of rotatable bonds is 4. The molecular formula is C25H31NO3. The third-order valence-electron chi connectivity index (χ3n) is 5.97. The summed E-state index contributed by atoms with van der Waals surface area (Å²) < 4.78 is 12.3. The molecule has 0 spiro atoms. The van der Waals surface area contributed by atoms with Crippen molar-refractivity contribution in [2.24, 2.45) is 0 Å². The lowest BCUT2D eigenvalue weighted by Crippen LogP contribution is -2.44. The van der Waals surface area contributed by atoms with Gasteiger partial charge in [-0.25, -0.2) is 0 Å². The molecule has 4 heteroatoms. The van der Waals surface area contributed by atoms with Gasteiger partial charge in [-0.3, -0.25) is 4.79 Å². The van der Waals surface area contributed by atoms with Gasteiger partial charge in [0.25, 0.3) is 5.91 Å². The van der Waals surface area contributed by atoms with Gasteiger partial charge >= 0.3 is 0 Å². The summed E-state index contributed by atoms with van der Waals surface area (Å²) in [5.41, 5.74) is 4.50. The second-order valence-corrected chi connectivity index (χ2v) is 9.03. The molecule has 2 aliphatic rings. The number of fused-ring (bicyclic) bond motifs is 2. The molecule has 29 heavy (non-hydrogen) atoms. The van der Waals surface area contributed by atoms with Crippen LogP contribution in [-0.4, -0.2) is 17.6 Å². The van der Waals surface area contributed by atoms with Crippen LogP contribution in [0.15, 0.2) is 36.4 Å². The van der Waals surface area contributed by atoms with Gasteiger partial charge in [0.2, 0.25) is 0 Å². The van der Waals surface area contributed by atoms with Crippen molar-refractivity contribution in [3.05, 3.63) is 58.7 Å². The molecule has 0 saturated carbocycles. The summed E-state index contributed by atoms with van der Waals surface area (Å²) in [6.45, 7) is 8.01. The molecule has 4 rings (SSSR count). The molecular weight excluding hydrogens is 362 g/mol. The molecule has 4 nitrogen and oxygen atoms in total. The summed E-state index contributed by atoms with van der Waals surface area (Å²) in [4.78, 5) is 13.0. The van der Waals surface area contributed by atoms with Crippen LogP contribution in [0.2, 0.25) is 0 Å². The number of carbonyl (C=O) groups excluding carboxylic acids is 1. The van der Waals surface area contributed by atoms with Crippen molar-refractivity contribution in [1.29, 1.82) is 0 Å². The molecule has 0 radical (unpaired) electrons. The van der Waals surface area contributed by atoms with E-state index in [0.29, 0.717) is 0 Å². The first-order valence-corrected chi connectivity index (χ1v) is 10.7. The van der Waals surface area contributed by atoms with E-state index >= 15 is 0 Å². The third-order valence-corrected chi connectivity index (χ3v) is 5.97. The number of carbonyl (C=O) groups is 1. The topological polar surface area (TPSA) is 47.6 Å². The zero-order valence-electron chi connectivity index (χ0n) is 17.9. The van der Waals surface area contributed by atoms with Gasteiger partial charge in [0.05, 0.1) is 6.04 Å². The normalized spacial score (nSPS) is 20.6. The first-order chi connectivity index (χ1) is 13.8. The summed E-state index contributed by atoms with van der Waals surface area (Å²) in [5.74, 6) is 1.62. The standard InChI is InChI=1S/C25H31NO3/c1-16-12-13-23-20(14-16)21(15-25(3,4)29-23)26-24(27)17(2)28-22-11-7-9-18-8-5-6-10-19(18)22/h7,9,11-14,17,21H,5-6,8,10,15H2,1-4H3,(H,26,27)/t17-,21+/m1/s1. The van der Waals surface area contributed by atoms with Crippen LogP contribution in [0.3, 0.4) is 0 Å². The minimum absolute atomic E-state index is 0.0862. The fourth-order valence-electron chi connectivity index (χ4n) is 4.49. The van der Waals surface area contributed by atoms with Gasteiger partial charge in [-0.15, -0.1) is 0 Å². The summed E-state index contributed by atoms with van der Waals surface area (Å²) in [6, 6.07) is 12.3. The number of benzene rings is 2. The van der Waals surface area contributed by atoms with Crippen molar-refractivity contribution < 1.29 is 14.3 Å². The summed E-state index contributed by atoms with van der Waals surface area (Å²) in [7, 11) is 0. The van der Waals surface area contributed by atoms with Crippen LogP contribution in [0.5, 0.6) is 11.5 Å². The third kappa shape index (κ3) is 4.26. The molecule has 1 heterocycles. The molecule has 1 amide bonds. The Morgan fingerprint density at radius 2 is 2.00 bits per heavy atom. The van der Waals surface area contributed by atoms with E-state index in [1.807, 2.05) is 31.2 Å². The Bertz CT molecular complexity index is 918. The van der Waals surface area contributed by atoms with Gasteiger partial charge < -0.3 is 14.8 Å². The Labute approximate surface area is 173 Å².